The number of aromatic nitrogens is 2. The van der Waals surface area contributed by atoms with Crippen molar-refractivity contribution in [1.82, 2.24) is 19.8 Å². The number of hydrogen-bond donors (Lipinski definition) is 1. The number of benzene rings is 1. The van der Waals surface area contributed by atoms with Crippen molar-refractivity contribution in [3.8, 4) is 17.1 Å². The molecule has 1 aromatic carbocycles. The Balaban J connectivity index is 1.53. The molecule has 2 aromatic heterocycles. The van der Waals surface area contributed by atoms with Crippen LogP contribution in [0.4, 0.5) is 14.5 Å². The average Bonchev–Trinajstić information content (AvgIpc) is 2.86. The van der Waals surface area contributed by atoms with Crippen molar-refractivity contribution in [3.05, 3.63) is 66.0 Å². The third-order valence-corrected chi connectivity index (χ3v) is 7.58. The number of ether oxygens (including phenoxy) is 1. The molecule has 1 aliphatic rings. The van der Waals surface area contributed by atoms with Crippen LogP contribution in [0, 0.1) is 11.6 Å². The standard InChI is InChI=1S/C25H29F2N5O3S/c1-17(2)32-11-9-31(10-12-32)16-20-21(26)13-18(14-22(20)27)23-15-19(6-8-28-23)30-36(33,34)24-5-4-7-29-25(24)35-3/h4-8,13-15,17H,9-12,16H2,1-3H3,(H,28,30). The van der Waals surface area contributed by atoms with Crippen molar-refractivity contribution < 1.29 is 21.9 Å². The number of nitrogens with zero attached hydrogens (tertiary/aromatic N) is 4. The highest BCUT2D eigenvalue weighted by Crippen LogP contribution is 2.28. The fourth-order valence-corrected chi connectivity index (χ4v) is 5.33. The molecule has 8 nitrogen and oxygen atoms in total. The zero-order chi connectivity index (χ0) is 25.9. The fourth-order valence-electron chi connectivity index (χ4n) is 4.16. The summed E-state index contributed by atoms with van der Waals surface area (Å²) in [7, 11) is -2.70. The zero-order valence-electron chi connectivity index (χ0n) is 20.4. The van der Waals surface area contributed by atoms with Gasteiger partial charge in [-0.25, -0.2) is 22.2 Å². The lowest BCUT2D eigenvalue weighted by Crippen LogP contribution is -2.48. The Morgan fingerprint density at radius 2 is 1.72 bits per heavy atom. The Hall–Kier alpha value is -3.15. The maximum absolute atomic E-state index is 15.0. The molecule has 1 N–H and O–H groups in total. The lowest BCUT2D eigenvalue weighted by molar-refractivity contribution is 0.102. The molecular formula is C25H29F2N5O3S. The second kappa shape index (κ2) is 10.9. The van der Waals surface area contributed by atoms with E-state index in [-0.39, 0.29) is 39.8 Å². The van der Waals surface area contributed by atoms with Gasteiger partial charge in [0, 0.05) is 62.3 Å². The highest BCUT2D eigenvalue weighted by atomic mass is 32.2. The third kappa shape index (κ3) is 5.80. The van der Waals surface area contributed by atoms with Gasteiger partial charge in [-0.2, -0.15) is 0 Å². The smallest absolute Gasteiger partial charge is 0.267 e. The molecule has 0 radical (unpaired) electrons. The monoisotopic (exact) mass is 517 g/mol. The van der Waals surface area contributed by atoms with E-state index < -0.39 is 21.7 Å². The van der Waals surface area contributed by atoms with Gasteiger partial charge >= 0.3 is 0 Å². The van der Waals surface area contributed by atoms with Gasteiger partial charge in [-0.1, -0.05) is 0 Å². The number of piperazine rings is 1. The molecule has 3 aromatic rings. The Labute approximate surface area is 210 Å². The quantitative estimate of drug-likeness (QED) is 0.487. The molecule has 0 bridgehead atoms. The number of anilines is 1. The van der Waals surface area contributed by atoms with Crippen LogP contribution in [0.15, 0.2) is 53.7 Å². The molecule has 1 fully saturated rings. The Morgan fingerprint density at radius 3 is 2.36 bits per heavy atom. The summed E-state index contributed by atoms with van der Waals surface area (Å²) in [5, 5.41) is 0. The maximum atomic E-state index is 15.0. The van der Waals surface area contributed by atoms with Crippen LogP contribution in [0.5, 0.6) is 5.88 Å². The van der Waals surface area contributed by atoms with Gasteiger partial charge in [-0.3, -0.25) is 19.5 Å². The first kappa shape index (κ1) is 25.9. The van der Waals surface area contributed by atoms with Crippen LogP contribution in [0.1, 0.15) is 19.4 Å². The molecular weight excluding hydrogens is 488 g/mol. The average molecular weight is 518 g/mol. The first-order chi connectivity index (χ1) is 17.2. The van der Waals surface area contributed by atoms with E-state index in [1.54, 1.807) is 0 Å². The molecule has 36 heavy (non-hydrogen) atoms. The Bertz CT molecular complexity index is 1310. The minimum Gasteiger partial charge on any atom is -0.480 e. The van der Waals surface area contributed by atoms with E-state index in [1.807, 2.05) is 4.90 Å². The summed E-state index contributed by atoms with van der Waals surface area (Å²) in [5.41, 5.74) is 0.623. The van der Waals surface area contributed by atoms with E-state index >= 15 is 0 Å². The molecule has 0 atom stereocenters. The molecule has 0 spiro atoms. The van der Waals surface area contributed by atoms with Gasteiger partial charge in [0.1, 0.15) is 16.5 Å². The Kier molecular flexibility index (Phi) is 7.82. The second-order valence-corrected chi connectivity index (χ2v) is 10.5. The Morgan fingerprint density at radius 1 is 1.03 bits per heavy atom. The van der Waals surface area contributed by atoms with Crippen LogP contribution in [0.2, 0.25) is 0 Å². The summed E-state index contributed by atoms with van der Waals surface area (Å²) in [6.45, 7) is 7.65. The molecule has 192 valence electrons. The zero-order valence-corrected chi connectivity index (χ0v) is 21.2. The number of pyridine rings is 2. The predicted octanol–water partition coefficient (Wildman–Crippen LogP) is 3.76. The van der Waals surface area contributed by atoms with Gasteiger partial charge < -0.3 is 4.74 Å². The van der Waals surface area contributed by atoms with E-state index in [0.717, 1.165) is 26.2 Å². The largest absolute Gasteiger partial charge is 0.480 e. The van der Waals surface area contributed by atoms with E-state index in [9.17, 15) is 17.2 Å². The first-order valence-electron chi connectivity index (χ1n) is 11.6. The first-order valence-corrected chi connectivity index (χ1v) is 13.1. The van der Waals surface area contributed by atoms with Gasteiger partial charge in [-0.05, 0) is 50.2 Å². The number of hydrogen-bond acceptors (Lipinski definition) is 7. The summed E-state index contributed by atoms with van der Waals surface area (Å²) >= 11 is 0. The summed E-state index contributed by atoms with van der Waals surface area (Å²) in [4.78, 5) is 12.3. The SMILES string of the molecule is COc1ncccc1S(=O)(=O)Nc1ccnc(-c2cc(F)c(CN3CCN(C(C)C)CC3)c(F)c2)c1. The van der Waals surface area contributed by atoms with Gasteiger partial charge in [0.15, 0.2) is 0 Å². The van der Waals surface area contributed by atoms with Crippen molar-refractivity contribution in [3.63, 3.8) is 0 Å². The molecule has 1 saturated heterocycles. The van der Waals surface area contributed by atoms with E-state index in [0.29, 0.717) is 6.04 Å². The minimum atomic E-state index is -4.03. The second-order valence-electron chi connectivity index (χ2n) is 8.87. The van der Waals surface area contributed by atoms with Crippen LogP contribution in [0.3, 0.4) is 0 Å². The summed E-state index contributed by atoms with van der Waals surface area (Å²) < 4.78 is 63.2. The number of rotatable bonds is 8. The van der Waals surface area contributed by atoms with Gasteiger partial charge in [0.25, 0.3) is 10.0 Å². The fraction of sp³-hybridized carbons (Fsp3) is 0.360. The van der Waals surface area contributed by atoms with Gasteiger partial charge in [0.2, 0.25) is 5.88 Å². The number of nitrogens with one attached hydrogen (secondary N) is 1. The number of methoxy groups -OCH3 is 1. The van der Waals surface area contributed by atoms with Crippen LogP contribution >= 0.6 is 0 Å². The molecule has 11 heteroatoms. The normalized spacial score (nSPS) is 15.3. The molecule has 0 saturated carbocycles. The lowest BCUT2D eigenvalue weighted by atomic mass is 10.1. The number of sulfonamides is 1. The van der Waals surface area contributed by atoms with Crippen LogP contribution in [-0.4, -0.2) is 67.5 Å². The maximum Gasteiger partial charge on any atom is 0.267 e. The van der Waals surface area contributed by atoms with E-state index in [4.69, 9.17) is 4.74 Å². The number of halogens is 2. The topological polar surface area (TPSA) is 87.7 Å². The molecule has 4 rings (SSSR count). The predicted molar refractivity (Wildman–Crippen MR) is 133 cm³/mol. The summed E-state index contributed by atoms with van der Waals surface area (Å²) in [5.74, 6) is -1.38. The molecule has 0 aliphatic carbocycles. The van der Waals surface area contributed by atoms with Crippen molar-refractivity contribution in [2.24, 2.45) is 0 Å². The van der Waals surface area contributed by atoms with Crippen LogP contribution in [0.25, 0.3) is 11.3 Å². The third-order valence-electron chi connectivity index (χ3n) is 6.19. The van der Waals surface area contributed by atoms with Gasteiger partial charge in [-0.15, -0.1) is 0 Å². The molecule has 3 heterocycles. The summed E-state index contributed by atoms with van der Waals surface area (Å²) in [6, 6.07) is 8.61. The van der Waals surface area contributed by atoms with Crippen LogP contribution < -0.4 is 9.46 Å². The van der Waals surface area contributed by atoms with E-state index in [2.05, 4.69) is 33.4 Å². The molecule has 0 amide bonds. The van der Waals surface area contributed by atoms with Crippen LogP contribution in [-0.2, 0) is 16.6 Å². The van der Waals surface area contributed by atoms with Crippen molar-refractivity contribution >= 4 is 15.7 Å². The van der Waals surface area contributed by atoms with Crippen molar-refractivity contribution in [2.45, 2.75) is 31.3 Å². The van der Waals surface area contributed by atoms with E-state index in [1.165, 1.54) is 55.9 Å². The lowest BCUT2D eigenvalue weighted by Gasteiger charge is -2.37. The molecule has 0 unspecified atom stereocenters. The highest BCUT2D eigenvalue weighted by molar-refractivity contribution is 7.92. The minimum absolute atomic E-state index is 0.0114. The van der Waals surface area contributed by atoms with Crippen molar-refractivity contribution in [1.29, 1.82) is 0 Å². The summed E-state index contributed by atoms with van der Waals surface area (Å²) in [6.07, 6.45) is 2.78. The highest BCUT2D eigenvalue weighted by Gasteiger charge is 2.23. The van der Waals surface area contributed by atoms with Gasteiger partial charge in [0.05, 0.1) is 18.5 Å². The molecule has 1 aliphatic heterocycles. The van der Waals surface area contributed by atoms with Crippen molar-refractivity contribution in [2.75, 3.05) is 38.0 Å².